The normalized spacial score (nSPS) is 14.0. The second-order valence-corrected chi connectivity index (χ2v) is 15.4. The lowest BCUT2D eigenvalue weighted by Gasteiger charge is -2.23. The van der Waals surface area contributed by atoms with Gasteiger partial charge in [-0.05, 0) is 42.0 Å². The average Bonchev–Trinajstić information content (AvgIpc) is 3.88. The van der Waals surface area contributed by atoms with Crippen molar-refractivity contribution in [2.24, 2.45) is 9.98 Å². The van der Waals surface area contributed by atoms with Crippen molar-refractivity contribution in [3.05, 3.63) is 223 Å². The molecule has 0 saturated heterocycles. The first-order chi connectivity index (χ1) is 30.7. The molecule has 292 valence electrons. The first kappa shape index (κ1) is 35.5. The van der Waals surface area contributed by atoms with Gasteiger partial charge < -0.3 is 9.88 Å². The minimum Gasteiger partial charge on any atom is -0.344 e. The average molecular weight is 797 g/mol. The second-order valence-electron chi connectivity index (χ2n) is 15.4. The summed E-state index contributed by atoms with van der Waals surface area (Å²) in [7, 11) is 0. The minimum atomic E-state index is -0.286. The molecular weight excluding hydrogens is 761 g/mol. The van der Waals surface area contributed by atoms with E-state index >= 15 is 0 Å². The molecule has 8 heteroatoms. The van der Waals surface area contributed by atoms with Crippen LogP contribution in [0.15, 0.2) is 216 Å². The van der Waals surface area contributed by atoms with Crippen molar-refractivity contribution in [2.75, 3.05) is 0 Å². The quantitative estimate of drug-likeness (QED) is 0.174. The first-order valence-corrected chi connectivity index (χ1v) is 20.7. The molecule has 8 aromatic carbocycles. The Morgan fingerprint density at radius 3 is 1.45 bits per heavy atom. The van der Waals surface area contributed by atoms with Gasteiger partial charge in [0.15, 0.2) is 17.5 Å². The van der Waals surface area contributed by atoms with E-state index in [9.17, 15) is 0 Å². The molecule has 0 saturated carbocycles. The molecule has 0 spiro atoms. The van der Waals surface area contributed by atoms with Crippen LogP contribution in [-0.2, 0) is 0 Å². The number of rotatable bonds is 7. The minimum absolute atomic E-state index is 0.286. The summed E-state index contributed by atoms with van der Waals surface area (Å²) in [5.74, 6) is 3.23. The molecule has 3 aromatic heterocycles. The molecule has 1 aliphatic rings. The van der Waals surface area contributed by atoms with E-state index in [1.807, 2.05) is 97.1 Å². The van der Waals surface area contributed by atoms with E-state index in [0.29, 0.717) is 23.4 Å². The van der Waals surface area contributed by atoms with Crippen LogP contribution in [-0.4, -0.2) is 35.8 Å². The van der Waals surface area contributed by atoms with Crippen LogP contribution < -0.4 is 5.32 Å². The van der Waals surface area contributed by atoms with Gasteiger partial charge in [0.2, 0.25) is 5.95 Å². The second kappa shape index (κ2) is 14.7. The molecular formula is C54H36N8. The number of aromatic nitrogens is 5. The number of benzene rings is 8. The van der Waals surface area contributed by atoms with Crippen LogP contribution in [0.3, 0.4) is 0 Å². The molecule has 1 aliphatic heterocycles. The molecule has 62 heavy (non-hydrogen) atoms. The number of aliphatic imine (C=N–C) groups is 2. The Morgan fingerprint density at radius 2 is 0.871 bits per heavy atom. The highest BCUT2D eigenvalue weighted by Crippen LogP contribution is 2.41. The molecule has 0 radical (unpaired) electrons. The van der Waals surface area contributed by atoms with Gasteiger partial charge in [-0.2, -0.15) is 9.97 Å². The molecule has 1 N–H and O–H groups in total. The van der Waals surface area contributed by atoms with Crippen LogP contribution in [0.4, 0.5) is 0 Å². The Kier molecular flexibility index (Phi) is 8.38. The van der Waals surface area contributed by atoms with Crippen LogP contribution in [0.2, 0.25) is 0 Å². The largest absolute Gasteiger partial charge is 0.344 e. The van der Waals surface area contributed by atoms with Gasteiger partial charge in [0.05, 0.1) is 22.1 Å². The molecule has 11 aromatic rings. The maximum absolute atomic E-state index is 5.26. The summed E-state index contributed by atoms with van der Waals surface area (Å²) in [5.41, 5.74) is 10.0. The number of amidine groups is 2. The lowest BCUT2D eigenvalue weighted by atomic mass is 10.1. The SMILES string of the molecule is c1ccc(C2=NC(c3ccccc3)NC(c3ccc(-n4c5ccccc5c5ccc6c7ccccc7n(-c7nc(-c8ccccc8)nc(-c8ccccc8)n7)c6c54)cc3)=N2)cc1. The van der Waals surface area contributed by atoms with Gasteiger partial charge in [0.25, 0.3) is 0 Å². The van der Waals surface area contributed by atoms with E-state index in [-0.39, 0.29) is 6.17 Å². The topological polar surface area (TPSA) is 85.3 Å². The zero-order valence-electron chi connectivity index (χ0n) is 33.3. The van der Waals surface area contributed by atoms with Crippen molar-refractivity contribution in [3.8, 4) is 34.4 Å². The van der Waals surface area contributed by atoms with E-state index < -0.39 is 0 Å². The molecule has 0 fully saturated rings. The fraction of sp³-hybridized carbons (Fsp3) is 0.0185. The number of fused-ring (bicyclic) bond motifs is 7. The van der Waals surface area contributed by atoms with Crippen molar-refractivity contribution in [2.45, 2.75) is 6.17 Å². The Morgan fingerprint density at radius 1 is 0.387 bits per heavy atom. The number of para-hydroxylation sites is 2. The Labute approximate surface area is 356 Å². The summed E-state index contributed by atoms with van der Waals surface area (Å²) in [5, 5.41) is 8.14. The Bertz CT molecular complexity index is 3460. The van der Waals surface area contributed by atoms with E-state index in [1.54, 1.807) is 0 Å². The summed E-state index contributed by atoms with van der Waals surface area (Å²) in [6.07, 6.45) is -0.286. The number of nitrogens with zero attached hydrogens (tertiary/aromatic N) is 7. The first-order valence-electron chi connectivity index (χ1n) is 20.7. The van der Waals surface area contributed by atoms with E-state index in [0.717, 1.165) is 83.0 Å². The van der Waals surface area contributed by atoms with Crippen LogP contribution in [0.1, 0.15) is 22.9 Å². The van der Waals surface area contributed by atoms with Crippen LogP contribution in [0.25, 0.3) is 78.0 Å². The van der Waals surface area contributed by atoms with Gasteiger partial charge >= 0.3 is 0 Å². The molecule has 0 amide bonds. The van der Waals surface area contributed by atoms with E-state index in [2.05, 4.69) is 124 Å². The zero-order chi connectivity index (χ0) is 41.0. The fourth-order valence-corrected chi connectivity index (χ4v) is 8.76. The van der Waals surface area contributed by atoms with Gasteiger partial charge in [0.1, 0.15) is 12.0 Å². The lowest BCUT2D eigenvalue weighted by Crippen LogP contribution is -2.33. The van der Waals surface area contributed by atoms with Crippen LogP contribution in [0.5, 0.6) is 0 Å². The highest BCUT2D eigenvalue weighted by atomic mass is 15.2. The Balaban J connectivity index is 1.08. The maximum atomic E-state index is 5.26. The Hall–Kier alpha value is -8.49. The molecule has 4 heterocycles. The third-order valence-corrected chi connectivity index (χ3v) is 11.6. The zero-order valence-corrected chi connectivity index (χ0v) is 33.3. The third-order valence-electron chi connectivity index (χ3n) is 11.6. The molecule has 0 bridgehead atoms. The number of nitrogens with one attached hydrogen (secondary N) is 1. The highest BCUT2D eigenvalue weighted by molar-refractivity contribution is 6.23. The summed E-state index contributed by atoms with van der Waals surface area (Å²) >= 11 is 0. The van der Waals surface area contributed by atoms with Crippen LogP contribution in [0, 0.1) is 0 Å². The molecule has 8 nitrogen and oxygen atoms in total. The van der Waals surface area contributed by atoms with Crippen molar-refractivity contribution in [3.63, 3.8) is 0 Å². The molecule has 12 rings (SSSR count). The van der Waals surface area contributed by atoms with Crippen molar-refractivity contribution in [1.82, 2.24) is 29.4 Å². The van der Waals surface area contributed by atoms with Crippen LogP contribution >= 0.6 is 0 Å². The standard InChI is InChI=1S/C54H36N8/c1-5-17-35(18-6-1)49-55-50(36-19-7-2-8-20-36)57-51(56-49)39-29-31-40(32-30-39)61-45-27-15-13-25-41(45)43-33-34-44-42-26-14-16-28-46(42)62(48(44)47(43)61)54-59-52(37-21-9-3-10-22-37)58-53(60-54)38-23-11-4-12-24-38/h1-34,49H,(H,55,56,57). The molecule has 0 aliphatic carbocycles. The van der Waals surface area contributed by atoms with Crippen molar-refractivity contribution in [1.29, 1.82) is 0 Å². The summed E-state index contributed by atoms with van der Waals surface area (Å²) in [4.78, 5) is 25.7. The predicted molar refractivity (Wildman–Crippen MR) is 251 cm³/mol. The van der Waals surface area contributed by atoms with Crippen molar-refractivity contribution < 1.29 is 0 Å². The van der Waals surface area contributed by atoms with Gasteiger partial charge in [0, 0.05) is 49.5 Å². The molecule has 1 atom stereocenters. The predicted octanol–water partition coefficient (Wildman–Crippen LogP) is 11.9. The van der Waals surface area contributed by atoms with E-state index in [4.69, 9.17) is 24.9 Å². The molecule has 1 unspecified atom stereocenters. The third kappa shape index (κ3) is 5.96. The summed E-state index contributed by atoms with van der Waals surface area (Å²) in [6.45, 7) is 0. The van der Waals surface area contributed by atoms with Gasteiger partial charge in [-0.1, -0.05) is 170 Å². The summed E-state index contributed by atoms with van der Waals surface area (Å²) in [6, 6.07) is 71.1. The fourth-order valence-electron chi connectivity index (χ4n) is 8.76. The highest BCUT2D eigenvalue weighted by Gasteiger charge is 2.25. The smallest absolute Gasteiger partial charge is 0.238 e. The lowest BCUT2D eigenvalue weighted by molar-refractivity contribution is 0.674. The number of hydrogen-bond acceptors (Lipinski definition) is 6. The van der Waals surface area contributed by atoms with Crippen molar-refractivity contribution >= 4 is 55.3 Å². The van der Waals surface area contributed by atoms with E-state index in [1.165, 1.54) is 0 Å². The monoisotopic (exact) mass is 796 g/mol. The maximum Gasteiger partial charge on any atom is 0.238 e. The van der Waals surface area contributed by atoms with Gasteiger partial charge in [-0.3, -0.25) is 4.57 Å². The number of hydrogen-bond donors (Lipinski definition) is 1. The summed E-state index contributed by atoms with van der Waals surface area (Å²) < 4.78 is 4.61. The van der Waals surface area contributed by atoms with Gasteiger partial charge in [-0.25, -0.2) is 15.0 Å². The van der Waals surface area contributed by atoms with Gasteiger partial charge in [-0.15, -0.1) is 0 Å².